The highest BCUT2D eigenvalue weighted by Gasteiger charge is 2.44. The molecule has 1 rings (SSSR count). The number of carbonyl (C=O) groups excluding carboxylic acids is 1. The van der Waals surface area contributed by atoms with Crippen molar-refractivity contribution in [1.82, 2.24) is 0 Å². The molecule has 0 spiro atoms. The molecule has 5 N–H and O–H groups in total. The van der Waals surface area contributed by atoms with Gasteiger partial charge < -0.3 is 39.7 Å². The third kappa shape index (κ3) is 12.6. The van der Waals surface area contributed by atoms with Crippen molar-refractivity contribution < 1.29 is 44.5 Å². The zero-order valence-corrected chi connectivity index (χ0v) is 20.6. The minimum Gasteiger partial charge on any atom is -0.457 e. The van der Waals surface area contributed by atoms with Crippen molar-refractivity contribution in [2.45, 2.75) is 121 Å². The van der Waals surface area contributed by atoms with Gasteiger partial charge in [-0.3, -0.25) is 4.79 Å². The highest BCUT2D eigenvalue weighted by atomic mass is 16.7. The fourth-order valence-electron chi connectivity index (χ4n) is 3.79. The van der Waals surface area contributed by atoms with Crippen molar-refractivity contribution in [3.05, 3.63) is 12.2 Å². The van der Waals surface area contributed by atoms with Gasteiger partial charge >= 0.3 is 5.97 Å². The van der Waals surface area contributed by atoms with Gasteiger partial charge in [0, 0.05) is 6.42 Å². The molecule has 1 aliphatic heterocycles. The highest BCUT2D eigenvalue weighted by molar-refractivity contribution is 5.69. The summed E-state index contributed by atoms with van der Waals surface area (Å²) in [6.45, 7) is 0.890. The van der Waals surface area contributed by atoms with Gasteiger partial charge in [-0.15, -0.1) is 0 Å². The summed E-state index contributed by atoms with van der Waals surface area (Å²) in [7, 11) is 0. The molecule has 0 unspecified atom stereocenters. The van der Waals surface area contributed by atoms with Crippen LogP contribution in [0.5, 0.6) is 0 Å². The van der Waals surface area contributed by atoms with Crippen LogP contribution in [0.2, 0.25) is 0 Å². The number of rotatable bonds is 19. The van der Waals surface area contributed by atoms with E-state index in [1.54, 1.807) is 0 Å². The summed E-state index contributed by atoms with van der Waals surface area (Å²) < 4.78 is 15.7. The average molecular weight is 491 g/mol. The molecule has 200 valence electrons. The van der Waals surface area contributed by atoms with Crippen LogP contribution in [0.15, 0.2) is 12.2 Å². The fraction of sp³-hybridized carbons (Fsp3) is 0.880. The molecule has 0 amide bonds. The van der Waals surface area contributed by atoms with Crippen molar-refractivity contribution in [3.63, 3.8) is 0 Å². The van der Waals surface area contributed by atoms with E-state index in [1.807, 2.05) is 6.08 Å². The van der Waals surface area contributed by atoms with Crippen molar-refractivity contribution in [1.29, 1.82) is 0 Å². The number of esters is 1. The van der Waals surface area contributed by atoms with Gasteiger partial charge in [-0.1, -0.05) is 70.4 Å². The van der Waals surface area contributed by atoms with Crippen LogP contribution >= 0.6 is 0 Å². The molecule has 9 heteroatoms. The van der Waals surface area contributed by atoms with Crippen molar-refractivity contribution in [2.24, 2.45) is 0 Å². The fourth-order valence-corrected chi connectivity index (χ4v) is 3.79. The Balaban J connectivity index is 2.14. The third-order valence-electron chi connectivity index (χ3n) is 5.95. The zero-order chi connectivity index (χ0) is 25.2. The SMILES string of the molecule is CCCCCCCCCCC/C=C\CCC(=O)O[C@@H](CO)CO[C@@H]1O[C@H](CO)[C@H](O)[C@H](O)[C@H]1O. The Kier molecular flexibility index (Phi) is 17.4. The first-order valence-electron chi connectivity index (χ1n) is 12.8. The van der Waals surface area contributed by atoms with Gasteiger partial charge in [-0.05, 0) is 19.3 Å². The molecule has 1 aliphatic rings. The Morgan fingerprint density at radius 3 is 2.12 bits per heavy atom. The monoisotopic (exact) mass is 490 g/mol. The summed E-state index contributed by atoms with van der Waals surface area (Å²) in [4.78, 5) is 12.0. The lowest BCUT2D eigenvalue weighted by Gasteiger charge is -2.39. The van der Waals surface area contributed by atoms with E-state index < -0.39 is 56.0 Å². The van der Waals surface area contributed by atoms with Crippen LogP contribution in [-0.2, 0) is 19.0 Å². The lowest BCUT2D eigenvalue weighted by Crippen LogP contribution is -2.59. The van der Waals surface area contributed by atoms with E-state index in [9.17, 15) is 30.3 Å². The summed E-state index contributed by atoms with van der Waals surface area (Å²) in [5.74, 6) is -0.482. The second-order valence-corrected chi connectivity index (χ2v) is 8.95. The maximum atomic E-state index is 12.0. The van der Waals surface area contributed by atoms with E-state index >= 15 is 0 Å². The van der Waals surface area contributed by atoms with Gasteiger partial charge in [0.15, 0.2) is 6.29 Å². The van der Waals surface area contributed by atoms with E-state index in [1.165, 1.54) is 51.4 Å². The molecule has 0 saturated carbocycles. The molecule has 0 aromatic heterocycles. The van der Waals surface area contributed by atoms with Crippen molar-refractivity contribution in [3.8, 4) is 0 Å². The van der Waals surface area contributed by atoms with E-state index in [0.29, 0.717) is 6.42 Å². The predicted octanol–water partition coefficient (Wildman–Crippen LogP) is 1.96. The van der Waals surface area contributed by atoms with E-state index in [2.05, 4.69) is 13.0 Å². The molecule has 1 heterocycles. The van der Waals surface area contributed by atoms with E-state index in [4.69, 9.17) is 14.2 Å². The first-order chi connectivity index (χ1) is 16.4. The molecular weight excluding hydrogens is 444 g/mol. The molecule has 0 aromatic carbocycles. The van der Waals surface area contributed by atoms with Crippen LogP contribution in [0.1, 0.15) is 84.0 Å². The minimum absolute atomic E-state index is 0.171. The first-order valence-corrected chi connectivity index (χ1v) is 12.8. The zero-order valence-electron chi connectivity index (χ0n) is 20.6. The summed E-state index contributed by atoms with van der Waals surface area (Å²) in [6, 6.07) is 0. The van der Waals surface area contributed by atoms with Crippen molar-refractivity contribution >= 4 is 5.97 Å². The van der Waals surface area contributed by atoms with Crippen molar-refractivity contribution in [2.75, 3.05) is 19.8 Å². The van der Waals surface area contributed by atoms with Gasteiger partial charge in [0.1, 0.15) is 30.5 Å². The number of carbonyl (C=O) groups is 1. The largest absolute Gasteiger partial charge is 0.457 e. The quantitative estimate of drug-likeness (QED) is 0.104. The highest BCUT2D eigenvalue weighted by Crippen LogP contribution is 2.22. The molecule has 9 nitrogen and oxygen atoms in total. The number of aliphatic hydroxyl groups excluding tert-OH is 5. The Morgan fingerprint density at radius 1 is 0.882 bits per heavy atom. The van der Waals surface area contributed by atoms with Gasteiger partial charge in [0.25, 0.3) is 0 Å². The maximum Gasteiger partial charge on any atom is 0.306 e. The maximum absolute atomic E-state index is 12.0. The van der Waals surface area contributed by atoms with Crippen LogP contribution < -0.4 is 0 Å². The van der Waals surface area contributed by atoms with Crippen LogP contribution in [-0.4, -0.2) is 88.1 Å². The van der Waals surface area contributed by atoms with E-state index in [-0.39, 0.29) is 13.0 Å². The molecular formula is C25H46O9. The Labute approximate surface area is 203 Å². The molecule has 6 atom stereocenters. The number of unbranched alkanes of at least 4 members (excludes halogenated alkanes) is 9. The smallest absolute Gasteiger partial charge is 0.306 e. The van der Waals surface area contributed by atoms with Crippen LogP contribution in [0, 0.1) is 0 Å². The molecule has 0 aliphatic carbocycles. The molecule has 1 fully saturated rings. The second-order valence-electron chi connectivity index (χ2n) is 8.95. The first kappa shape index (κ1) is 31.0. The van der Waals surface area contributed by atoms with Gasteiger partial charge in [0.2, 0.25) is 0 Å². The van der Waals surface area contributed by atoms with Crippen LogP contribution in [0.25, 0.3) is 0 Å². The molecule has 1 saturated heterocycles. The van der Waals surface area contributed by atoms with Crippen LogP contribution in [0.3, 0.4) is 0 Å². The number of aliphatic hydroxyl groups is 5. The minimum atomic E-state index is -1.56. The van der Waals surface area contributed by atoms with Gasteiger partial charge in [-0.25, -0.2) is 0 Å². The summed E-state index contributed by atoms with van der Waals surface area (Å²) in [5.41, 5.74) is 0. The standard InChI is InChI=1S/C25H46O9/c1-2-3-4-5-6-7-8-9-10-11-12-13-14-15-21(28)33-19(16-26)18-32-25-24(31)23(30)22(29)20(17-27)34-25/h12-13,19-20,22-27,29-31H,2-11,14-18H2,1H3/b13-12-/t19-,20+,22-,23-,24+,25+/m0/s1. The normalized spacial score (nSPS) is 26.1. The number of allylic oxidation sites excluding steroid dienone is 2. The second kappa shape index (κ2) is 19.2. The summed E-state index contributed by atoms with van der Waals surface area (Å²) in [6.07, 6.45) is 9.38. The topological polar surface area (TPSA) is 146 Å². The molecule has 0 aromatic rings. The number of hydrogen-bond donors (Lipinski definition) is 5. The Morgan fingerprint density at radius 2 is 1.50 bits per heavy atom. The predicted molar refractivity (Wildman–Crippen MR) is 127 cm³/mol. The van der Waals surface area contributed by atoms with E-state index in [0.717, 1.165) is 12.8 Å². The molecule has 0 radical (unpaired) electrons. The number of hydrogen-bond acceptors (Lipinski definition) is 9. The lowest BCUT2D eigenvalue weighted by molar-refractivity contribution is -0.305. The molecule has 34 heavy (non-hydrogen) atoms. The third-order valence-corrected chi connectivity index (χ3v) is 5.95. The molecule has 0 bridgehead atoms. The number of ether oxygens (including phenoxy) is 3. The van der Waals surface area contributed by atoms with Gasteiger partial charge in [0.05, 0.1) is 19.8 Å². The summed E-state index contributed by atoms with van der Waals surface area (Å²) in [5, 5.41) is 48.1. The van der Waals surface area contributed by atoms with Crippen LogP contribution in [0.4, 0.5) is 0 Å². The average Bonchev–Trinajstić information content (AvgIpc) is 2.84. The van der Waals surface area contributed by atoms with Gasteiger partial charge in [-0.2, -0.15) is 0 Å². The summed E-state index contributed by atoms with van der Waals surface area (Å²) >= 11 is 0. The Hall–Kier alpha value is -1.07. The Bertz CT molecular complexity index is 540. The lowest BCUT2D eigenvalue weighted by atomic mass is 9.99.